The predicted octanol–water partition coefficient (Wildman–Crippen LogP) is 0.304. The van der Waals surface area contributed by atoms with E-state index < -0.39 is 5.91 Å². The van der Waals surface area contributed by atoms with Crippen molar-refractivity contribution in [3.05, 3.63) is 23.9 Å². The van der Waals surface area contributed by atoms with Gasteiger partial charge in [-0.25, -0.2) is 4.98 Å². The first-order valence-electron chi connectivity index (χ1n) is 4.71. The Morgan fingerprint density at radius 1 is 1.60 bits per heavy atom. The van der Waals surface area contributed by atoms with Crippen LogP contribution in [0.25, 0.3) is 0 Å². The highest BCUT2D eigenvalue weighted by atomic mass is 16.5. The Morgan fingerprint density at radius 3 is 3.00 bits per heavy atom. The topological polar surface area (TPSA) is 77.2 Å². The van der Waals surface area contributed by atoms with Crippen LogP contribution in [-0.4, -0.2) is 30.6 Å². The summed E-state index contributed by atoms with van der Waals surface area (Å²) in [6.45, 7) is 2.97. The number of hydrogen-bond donors (Lipinski definition) is 2. The Labute approximate surface area is 88.6 Å². The Morgan fingerprint density at radius 2 is 2.40 bits per heavy atom. The number of primary amides is 1. The maximum atomic E-state index is 10.3. The Hall–Kier alpha value is -1.62. The summed E-state index contributed by atoms with van der Waals surface area (Å²) in [5.74, 6) is 0.340. The van der Waals surface area contributed by atoms with Crippen molar-refractivity contribution in [1.29, 1.82) is 0 Å². The van der Waals surface area contributed by atoms with Crippen molar-refractivity contribution in [2.75, 3.05) is 25.1 Å². The molecule has 1 rings (SSSR count). The molecule has 82 valence electrons. The predicted molar refractivity (Wildman–Crippen MR) is 57.5 cm³/mol. The van der Waals surface area contributed by atoms with Gasteiger partial charge < -0.3 is 15.8 Å². The van der Waals surface area contributed by atoms with Gasteiger partial charge in [0.15, 0.2) is 0 Å². The number of pyridine rings is 1. The quantitative estimate of drug-likeness (QED) is 0.661. The number of anilines is 1. The third-order valence-corrected chi connectivity index (χ3v) is 1.71. The number of nitrogens with two attached hydrogens (primary N) is 1. The second kappa shape index (κ2) is 5.98. The number of carbonyl (C=O) groups is 1. The summed E-state index contributed by atoms with van der Waals surface area (Å²) in [7, 11) is 0. The van der Waals surface area contributed by atoms with Gasteiger partial charge in [-0.2, -0.15) is 0 Å². The number of rotatable bonds is 6. The van der Waals surface area contributed by atoms with Gasteiger partial charge in [0.1, 0.15) is 12.4 Å². The molecule has 5 heteroatoms. The molecule has 0 saturated carbocycles. The smallest absolute Gasteiger partial charge is 0.243 e. The highest BCUT2D eigenvalue weighted by Gasteiger charge is 1.95. The van der Waals surface area contributed by atoms with Gasteiger partial charge in [0.2, 0.25) is 5.91 Å². The lowest BCUT2D eigenvalue weighted by atomic mass is 10.3. The molecular formula is C10H15N3O2. The van der Waals surface area contributed by atoms with Crippen LogP contribution in [-0.2, 0) is 9.53 Å². The molecule has 0 spiro atoms. The van der Waals surface area contributed by atoms with Crippen LogP contribution in [0.2, 0.25) is 0 Å². The molecule has 5 nitrogen and oxygen atoms in total. The van der Waals surface area contributed by atoms with Gasteiger partial charge in [-0.3, -0.25) is 4.79 Å². The number of nitrogens with zero attached hydrogens (tertiary/aromatic N) is 1. The van der Waals surface area contributed by atoms with Crippen LogP contribution < -0.4 is 11.1 Å². The largest absolute Gasteiger partial charge is 0.370 e. The zero-order valence-corrected chi connectivity index (χ0v) is 8.69. The molecule has 0 aliphatic carbocycles. The van der Waals surface area contributed by atoms with Crippen LogP contribution in [0.4, 0.5) is 5.82 Å². The summed E-state index contributed by atoms with van der Waals surface area (Å²) in [5, 5.41) is 3.06. The monoisotopic (exact) mass is 209 g/mol. The molecule has 0 aromatic carbocycles. The van der Waals surface area contributed by atoms with E-state index in [1.54, 1.807) is 6.20 Å². The number of aryl methyl sites for hydroxylation is 1. The van der Waals surface area contributed by atoms with E-state index in [2.05, 4.69) is 10.3 Å². The first-order valence-corrected chi connectivity index (χ1v) is 4.71. The number of nitrogens with one attached hydrogen (secondary N) is 1. The summed E-state index contributed by atoms with van der Waals surface area (Å²) in [5.41, 5.74) is 6.02. The van der Waals surface area contributed by atoms with Crippen molar-refractivity contribution in [3.8, 4) is 0 Å². The molecule has 0 radical (unpaired) electrons. The Bertz CT molecular complexity index is 311. The fourth-order valence-corrected chi connectivity index (χ4v) is 0.996. The third-order valence-electron chi connectivity index (χ3n) is 1.71. The number of hydrogen-bond acceptors (Lipinski definition) is 4. The molecule has 3 N–H and O–H groups in total. The summed E-state index contributed by atoms with van der Waals surface area (Å²) in [4.78, 5) is 14.5. The molecule has 0 saturated heterocycles. The van der Waals surface area contributed by atoms with E-state index in [1.807, 2.05) is 19.1 Å². The van der Waals surface area contributed by atoms with Crippen molar-refractivity contribution < 1.29 is 9.53 Å². The molecule has 1 aromatic heterocycles. The van der Waals surface area contributed by atoms with Gasteiger partial charge in [0.25, 0.3) is 0 Å². The molecule has 0 bridgehead atoms. The standard InChI is InChI=1S/C10H15N3O2/c1-8-2-3-10(13-6-8)12-4-5-15-7-9(11)14/h2-3,6H,4-5,7H2,1H3,(H2,11,14)(H,12,13). The summed E-state index contributed by atoms with van der Waals surface area (Å²) in [6, 6.07) is 3.86. The average Bonchev–Trinajstić information content (AvgIpc) is 2.20. The number of ether oxygens (including phenoxy) is 1. The normalized spacial score (nSPS) is 9.93. The maximum absolute atomic E-state index is 10.3. The van der Waals surface area contributed by atoms with Crippen molar-refractivity contribution in [2.24, 2.45) is 5.73 Å². The molecule has 0 aliphatic heterocycles. The van der Waals surface area contributed by atoms with Gasteiger partial charge >= 0.3 is 0 Å². The van der Waals surface area contributed by atoms with Gasteiger partial charge in [-0.1, -0.05) is 6.07 Å². The Balaban J connectivity index is 2.15. The van der Waals surface area contributed by atoms with Gasteiger partial charge in [-0.15, -0.1) is 0 Å². The van der Waals surface area contributed by atoms with E-state index in [0.717, 1.165) is 11.4 Å². The molecule has 15 heavy (non-hydrogen) atoms. The lowest BCUT2D eigenvalue weighted by Gasteiger charge is -2.05. The molecule has 0 aliphatic rings. The molecule has 1 amide bonds. The van der Waals surface area contributed by atoms with Crippen molar-refractivity contribution in [3.63, 3.8) is 0 Å². The minimum atomic E-state index is -0.455. The van der Waals surface area contributed by atoms with E-state index in [-0.39, 0.29) is 6.61 Å². The molecule has 0 unspecified atom stereocenters. The molecule has 1 heterocycles. The second-order valence-electron chi connectivity index (χ2n) is 3.17. The van der Waals surface area contributed by atoms with Crippen LogP contribution in [0.1, 0.15) is 5.56 Å². The van der Waals surface area contributed by atoms with Crippen LogP contribution in [0.15, 0.2) is 18.3 Å². The molecular weight excluding hydrogens is 194 g/mol. The van der Waals surface area contributed by atoms with Gasteiger partial charge in [-0.05, 0) is 18.6 Å². The number of aromatic nitrogens is 1. The average molecular weight is 209 g/mol. The van der Waals surface area contributed by atoms with Crippen molar-refractivity contribution >= 4 is 11.7 Å². The zero-order chi connectivity index (χ0) is 11.1. The van der Waals surface area contributed by atoms with Crippen LogP contribution in [0.3, 0.4) is 0 Å². The molecule has 0 fully saturated rings. The highest BCUT2D eigenvalue weighted by molar-refractivity contribution is 5.74. The van der Waals surface area contributed by atoms with E-state index in [1.165, 1.54) is 0 Å². The SMILES string of the molecule is Cc1ccc(NCCOCC(N)=O)nc1. The second-order valence-corrected chi connectivity index (χ2v) is 3.17. The molecule has 1 aromatic rings. The Kier molecular flexibility index (Phi) is 4.56. The van der Waals surface area contributed by atoms with Crippen molar-refractivity contribution in [2.45, 2.75) is 6.92 Å². The van der Waals surface area contributed by atoms with Crippen LogP contribution in [0.5, 0.6) is 0 Å². The highest BCUT2D eigenvalue weighted by Crippen LogP contribution is 2.02. The summed E-state index contributed by atoms with van der Waals surface area (Å²) >= 11 is 0. The maximum Gasteiger partial charge on any atom is 0.243 e. The minimum Gasteiger partial charge on any atom is -0.370 e. The first kappa shape index (κ1) is 11.5. The van der Waals surface area contributed by atoms with E-state index in [0.29, 0.717) is 13.2 Å². The number of amides is 1. The number of carbonyl (C=O) groups excluding carboxylic acids is 1. The van der Waals surface area contributed by atoms with Crippen LogP contribution >= 0.6 is 0 Å². The van der Waals surface area contributed by atoms with Gasteiger partial charge in [0.05, 0.1) is 6.61 Å². The lowest BCUT2D eigenvalue weighted by Crippen LogP contribution is -2.20. The first-order chi connectivity index (χ1) is 7.18. The fourth-order valence-electron chi connectivity index (χ4n) is 0.996. The lowest BCUT2D eigenvalue weighted by molar-refractivity contribution is -0.122. The molecule has 0 atom stereocenters. The van der Waals surface area contributed by atoms with E-state index in [9.17, 15) is 4.79 Å². The van der Waals surface area contributed by atoms with Crippen LogP contribution in [0, 0.1) is 6.92 Å². The minimum absolute atomic E-state index is 0.0387. The van der Waals surface area contributed by atoms with E-state index >= 15 is 0 Å². The third kappa shape index (κ3) is 4.97. The van der Waals surface area contributed by atoms with E-state index in [4.69, 9.17) is 10.5 Å². The zero-order valence-electron chi connectivity index (χ0n) is 8.69. The van der Waals surface area contributed by atoms with Gasteiger partial charge in [0, 0.05) is 12.7 Å². The van der Waals surface area contributed by atoms with Crippen molar-refractivity contribution in [1.82, 2.24) is 4.98 Å². The summed E-state index contributed by atoms with van der Waals surface area (Å²) < 4.78 is 4.98. The summed E-state index contributed by atoms with van der Waals surface area (Å²) in [6.07, 6.45) is 1.78. The fraction of sp³-hybridized carbons (Fsp3) is 0.400.